The summed E-state index contributed by atoms with van der Waals surface area (Å²) in [7, 11) is 0. The third-order valence-electron chi connectivity index (χ3n) is 6.22. The number of hydrogen-bond acceptors (Lipinski definition) is 4. The van der Waals surface area contributed by atoms with Gasteiger partial charge in [0.05, 0.1) is 5.92 Å². The Hall–Kier alpha value is -3.35. The number of aliphatic carboxylic acids is 1. The van der Waals surface area contributed by atoms with Crippen LogP contribution < -0.4 is 5.32 Å². The summed E-state index contributed by atoms with van der Waals surface area (Å²) in [6, 6.07) is 16.3. The quantitative estimate of drug-likeness (QED) is 0.565. The zero-order chi connectivity index (χ0) is 24.0. The Morgan fingerprint density at radius 3 is 2.12 bits per heavy atom. The first-order valence-corrected chi connectivity index (χ1v) is 11.4. The molecule has 0 aliphatic heterocycles. The van der Waals surface area contributed by atoms with E-state index in [1.165, 1.54) is 11.1 Å². The van der Waals surface area contributed by atoms with E-state index in [4.69, 9.17) is 9.84 Å². The fourth-order valence-electron chi connectivity index (χ4n) is 4.26. The predicted octanol–water partition coefficient (Wildman–Crippen LogP) is 4.12. The number of ether oxygens (including phenoxy) is 1. The number of benzene rings is 2. The first-order valence-electron chi connectivity index (χ1n) is 11.4. The van der Waals surface area contributed by atoms with Crippen LogP contribution in [-0.2, 0) is 14.3 Å². The molecule has 176 valence electrons. The van der Waals surface area contributed by atoms with E-state index in [1.54, 1.807) is 18.7 Å². The van der Waals surface area contributed by atoms with E-state index >= 15 is 0 Å². The van der Waals surface area contributed by atoms with Crippen molar-refractivity contribution < 1.29 is 24.2 Å². The molecule has 0 aromatic heterocycles. The lowest BCUT2D eigenvalue weighted by Gasteiger charge is -2.26. The molecule has 0 bridgehead atoms. The number of carboxylic acid groups (broad SMARTS) is 1. The lowest BCUT2D eigenvalue weighted by atomic mass is 9.98. The van der Waals surface area contributed by atoms with E-state index < -0.39 is 18.0 Å². The van der Waals surface area contributed by atoms with Crippen molar-refractivity contribution in [3.05, 3.63) is 59.7 Å². The highest BCUT2D eigenvalue weighted by atomic mass is 16.5. The van der Waals surface area contributed by atoms with Crippen LogP contribution in [0.4, 0.5) is 4.79 Å². The van der Waals surface area contributed by atoms with Crippen LogP contribution in [0.1, 0.15) is 44.2 Å². The first kappa shape index (κ1) is 24.3. The van der Waals surface area contributed by atoms with E-state index in [1.807, 2.05) is 31.2 Å². The smallest absolute Gasteiger partial charge is 0.407 e. The molecule has 0 fully saturated rings. The van der Waals surface area contributed by atoms with Gasteiger partial charge in [-0.2, -0.15) is 0 Å². The number of nitrogens with zero attached hydrogens (tertiary/aromatic N) is 1. The maximum atomic E-state index is 12.6. The highest BCUT2D eigenvalue weighted by molar-refractivity contribution is 5.80. The van der Waals surface area contributed by atoms with E-state index in [0.29, 0.717) is 19.5 Å². The van der Waals surface area contributed by atoms with Crippen molar-refractivity contribution in [2.45, 2.75) is 33.1 Å². The molecule has 7 nitrogen and oxygen atoms in total. The van der Waals surface area contributed by atoms with Crippen LogP contribution in [0.3, 0.4) is 0 Å². The van der Waals surface area contributed by atoms with Gasteiger partial charge < -0.3 is 20.1 Å². The van der Waals surface area contributed by atoms with E-state index in [9.17, 15) is 14.4 Å². The summed E-state index contributed by atoms with van der Waals surface area (Å²) in [4.78, 5) is 37.6. The number of fused-ring (bicyclic) bond motifs is 3. The molecular weight excluding hydrogens is 420 g/mol. The largest absolute Gasteiger partial charge is 0.481 e. The number of carbonyl (C=O) groups excluding carboxylic acids is 2. The van der Waals surface area contributed by atoms with Gasteiger partial charge in [0, 0.05) is 31.5 Å². The fraction of sp³-hybridized carbons (Fsp3) is 0.423. The third kappa shape index (κ3) is 5.72. The maximum absolute atomic E-state index is 12.6. The van der Waals surface area contributed by atoms with Gasteiger partial charge in [0.25, 0.3) is 0 Å². The van der Waals surface area contributed by atoms with Crippen LogP contribution in [0, 0.1) is 11.8 Å². The summed E-state index contributed by atoms with van der Waals surface area (Å²) >= 11 is 0. The topological polar surface area (TPSA) is 95.9 Å². The minimum absolute atomic E-state index is 0.00186. The van der Waals surface area contributed by atoms with Crippen molar-refractivity contribution in [1.29, 1.82) is 0 Å². The molecule has 1 aliphatic rings. The summed E-state index contributed by atoms with van der Waals surface area (Å²) in [6.45, 7) is 6.36. The molecular formula is C26H32N2O5. The second kappa shape index (κ2) is 11.0. The molecule has 2 unspecified atom stereocenters. The Morgan fingerprint density at radius 2 is 1.58 bits per heavy atom. The molecule has 2 aromatic carbocycles. The van der Waals surface area contributed by atoms with Crippen LogP contribution in [0.25, 0.3) is 11.1 Å². The number of alkyl carbamates (subject to hydrolysis) is 1. The minimum atomic E-state index is -0.925. The number of hydrogen-bond donors (Lipinski definition) is 2. The van der Waals surface area contributed by atoms with Crippen LogP contribution in [0.2, 0.25) is 0 Å². The molecule has 2 amide bonds. The average Bonchev–Trinajstić information content (AvgIpc) is 3.14. The monoisotopic (exact) mass is 452 g/mol. The summed E-state index contributed by atoms with van der Waals surface area (Å²) in [5.74, 6) is -2.00. The molecule has 0 heterocycles. The van der Waals surface area contributed by atoms with Crippen molar-refractivity contribution in [1.82, 2.24) is 10.2 Å². The lowest BCUT2D eigenvalue weighted by Crippen LogP contribution is -2.40. The lowest BCUT2D eigenvalue weighted by molar-refractivity contribution is -0.143. The number of carbonyl (C=O) groups is 3. The van der Waals surface area contributed by atoms with Crippen LogP contribution >= 0.6 is 0 Å². The molecule has 7 heteroatoms. The van der Waals surface area contributed by atoms with E-state index in [-0.39, 0.29) is 30.9 Å². The number of nitrogens with one attached hydrogen (secondary N) is 1. The normalized spacial score (nSPS) is 14.0. The van der Waals surface area contributed by atoms with Crippen molar-refractivity contribution in [3.63, 3.8) is 0 Å². The average molecular weight is 453 g/mol. The van der Waals surface area contributed by atoms with Gasteiger partial charge >= 0.3 is 12.1 Å². The molecule has 2 N–H and O–H groups in total. The molecule has 1 aliphatic carbocycles. The summed E-state index contributed by atoms with van der Waals surface area (Å²) in [5, 5.41) is 11.8. The maximum Gasteiger partial charge on any atom is 0.407 e. The summed E-state index contributed by atoms with van der Waals surface area (Å²) < 4.78 is 5.52. The molecule has 0 spiro atoms. The summed E-state index contributed by atoms with van der Waals surface area (Å²) in [6.07, 6.45) is -0.0654. The van der Waals surface area contributed by atoms with Gasteiger partial charge in [-0.1, -0.05) is 62.4 Å². The van der Waals surface area contributed by atoms with Crippen LogP contribution in [0.5, 0.6) is 0 Å². The Kier molecular flexibility index (Phi) is 8.09. The second-order valence-electron chi connectivity index (χ2n) is 8.56. The van der Waals surface area contributed by atoms with Crippen molar-refractivity contribution >= 4 is 18.0 Å². The SMILES string of the molecule is CCN(CC(C)C(=O)O)C(=O)C(C)CCNC(=O)OCC1c2ccccc2-c2ccccc21. The number of amides is 2. The standard InChI is InChI=1S/C26H32N2O5/c1-4-28(15-18(3)25(30)31)24(29)17(2)13-14-27-26(32)33-16-23-21-11-7-5-9-19(21)20-10-6-8-12-22(20)23/h5-12,17-18,23H,4,13-16H2,1-3H3,(H,27,32)(H,30,31). The van der Waals surface area contributed by atoms with Crippen molar-refractivity contribution in [2.75, 3.05) is 26.2 Å². The molecule has 3 rings (SSSR count). The van der Waals surface area contributed by atoms with Crippen LogP contribution in [-0.4, -0.2) is 54.2 Å². The zero-order valence-corrected chi connectivity index (χ0v) is 19.4. The second-order valence-corrected chi connectivity index (χ2v) is 8.56. The molecule has 0 saturated carbocycles. The molecule has 2 atom stereocenters. The highest BCUT2D eigenvalue weighted by Crippen LogP contribution is 2.44. The Labute approximate surface area is 194 Å². The van der Waals surface area contributed by atoms with Gasteiger partial charge in [0.15, 0.2) is 0 Å². The molecule has 0 radical (unpaired) electrons. The number of rotatable bonds is 10. The number of carboxylic acids is 1. The predicted molar refractivity (Wildman–Crippen MR) is 126 cm³/mol. The summed E-state index contributed by atoms with van der Waals surface area (Å²) in [5.41, 5.74) is 4.65. The molecule has 33 heavy (non-hydrogen) atoms. The minimum Gasteiger partial charge on any atom is -0.481 e. The van der Waals surface area contributed by atoms with Gasteiger partial charge in [0.2, 0.25) is 5.91 Å². The fourth-order valence-corrected chi connectivity index (χ4v) is 4.26. The van der Waals surface area contributed by atoms with E-state index in [0.717, 1.165) is 11.1 Å². The van der Waals surface area contributed by atoms with Gasteiger partial charge in [-0.05, 0) is 35.6 Å². The van der Waals surface area contributed by atoms with Gasteiger partial charge in [-0.3, -0.25) is 9.59 Å². The van der Waals surface area contributed by atoms with Crippen LogP contribution in [0.15, 0.2) is 48.5 Å². The Morgan fingerprint density at radius 1 is 1.00 bits per heavy atom. The van der Waals surface area contributed by atoms with E-state index in [2.05, 4.69) is 29.6 Å². The van der Waals surface area contributed by atoms with Crippen molar-refractivity contribution in [2.24, 2.45) is 11.8 Å². The zero-order valence-electron chi connectivity index (χ0n) is 19.4. The Bertz CT molecular complexity index is 960. The van der Waals surface area contributed by atoms with Crippen molar-refractivity contribution in [3.8, 4) is 11.1 Å². The van der Waals surface area contributed by atoms with Gasteiger partial charge in [-0.25, -0.2) is 4.79 Å². The van der Waals surface area contributed by atoms with Gasteiger partial charge in [-0.15, -0.1) is 0 Å². The Balaban J connectivity index is 1.47. The third-order valence-corrected chi connectivity index (χ3v) is 6.22. The molecule has 0 saturated heterocycles. The molecule has 2 aromatic rings. The highest BCUT2D eigenvalue weighted by Gasteiger charge is 2.29. The first-order chi connectivity index (χ1) is 15.8. The van der Waals surface area contributed by atoms with Gasteiger partial charge in [0.1, 0.15) is 6.61 Å².